The third-order valence-electron chi connectivity index (χ3n) is 3.58. The van der Waals surface area contributed by atoms with Crippen molar-refractivity contribution in [3.8, 4) is 0 Å². The molecule has 0 aromatic heterocycles. The van der Waals surface area contributed by atoms with Gasteiger partial charge in [0.05, 0.1) is 0 Å². The normalized spacial score (nSPS) is 13.6. The summed E-state index contributed by atoms with van der Waals surface area (Å²) in [6.07, 6.45) is 8.28. The number of hydrogen-bond acceptors (Lipinski definition) is 2. The molecule has 2 nitrogen and oxygen atoms in total. The van der Waals surface area contributed by atoms with Gasteiger partial charge in [-0.25, -0.2) is 0 Å². The fourth-order valence-electron chi connectivity index (χ4n) is 1.90. The van der Waals surface area contributed by atoms with Crippen LogP contribution in [-0.2, 0) is 0 Å². The molecule has 0 aromatic carbocycles. The highest BCUT2D eigenvalue weighted by Gasteiger charge is 2.04. The Kier molecular flexibility index (Phi) is 11.0. The summed E-state index contributed by atoms with van der Waals surface area (Å²) in [6.45, 7) is 11.3. The minimum Gasteiger partial charge on any atom is -0.313 e. The summed E-state index contributed by atoms with van der Waals surface area (Å²) >= 11 is 0. The second-order valence-corrected chi connectivity index (χ2v) is 5.63. The van der Waals surface area contributed by atoms with Gasteiger partial charge in [-0.15, -0.1) is 0 Å². The molecule has 0 fully saturated rings. The van der Waals surface area contributed by atoms with Gasteiger partial charge in [0.2, 0.25) is 0 Å². The number of nitrogens with zero attached hydrogens (tertiary/aromatic N) is 1. The van der Waals surface area contributed by atoms with E-state index in [0.717, 1.165) is 13.1 Å². The monoisotopic (exact) mass is 242 g/mol. The van der Waals surface area contributed by atoms with Gasteiger partial charge in [0.1, 0.15) is 0 Å². The minimum atomic E-state index is 0.654. The Labute approximate surface area is 109 Å². The van der Waals surface area contributed by atoms with E-state index in [2.05, 4.69) is 45.0 Å². The molecule has 0 radical (unpaired) electrons. The number of hydrogen-bond donors (Lipinski definition) is 1. The van der Waals surface area contributed by atoms with Crippen LogP contribution in [0.5, 0.6) is 0 Å². The van der Waals surface area contributed by atoms with E-state index in [-0.39, 0.29) is 0 Å². The molecule has 1 atom stereocenters. The van der Waals surface area contributed by atoms with Crippen LogP contribution >= 0.6 is 0 Å². The van der Waals surface area contributed by atoms with Crippen molar-refractivity contribution in [1.29, 1.82) is 0 Å². The molecule has 17 heavy (non-hydrogen) atoms. The van der Waals surface area contributed by atoms with Gasteiger partial charge in [0.25, 0.3) is 0 Å². The summed E-state index contributed by atoms with van der Waals surface area (Å²) in [5.41, 5.74) is 0. The molecule has 0 heterocycles. The fourth-order valence-corrected chi connectivity index (χ4v) is 1.90. The van der Waals surface area contributed by atoms with Crippen LogP contribution in [0.15, 0.2) is 0 Å². The van der Waals surface area contributed by atoms with Crippen molar-refractivity contribution in [3.05, 3.63) is 0 Å². The fraction of sp³-hybridized carbons (Fsp3) is 1.00. The van der Waals surface area contributed by atoms with E-state index in [1.165, 1.54) is 38.5 Å². The van der Waals surface area contributed by atoms with E-state index in [1.807, 2.05) is 0 Å². The first-order chi connectivity index (χ1) is 8.07. The van der Waals surface area contributed by atoms with Crippen LogP contribution in [0, 0.1) is 0 Å². The van der Waals surface area contributed by atoms with Crippen molar-refractivity contribution in [2.75, 3.05) is 20.1 Å². The maximum absolute atomic E-state index is 3.62. The minimum absolute atomic E-state index is 0.654. The van der Waals surface area contributed by atoms with Gasteiger partial charge in [0.15, 0.2) is 0 Å². The largest absolute Gasteiger partial charge is 0.313 e. The van der Waals surface area contributed by atoms with Gasteiger partial charge in [-0.1, -0.05) is 39.0 Å². The highest BCUT2D eigenvalue weighted by molar-refractivity contribution is 4.64. The molecule has 0 aliphatic heterocycles. The third kappa shape index (κ3) is 10.8. The number of rotatable bonds is 11. The average Bonchev–Trinajstić information content (AvgIpc) is 2.28. The van der Waals surface area contributed by atoms with Crippen LogP contribution in [0.1, 0.15) is 66.2 Å². The zero-order valence-electron chi connectivity index (χ0n) is 12.8. The molecule has 1 N–H and O–H groups in total. The molecule has 0 aliphatic rings. The van der Waals surface area contributed by atoms with E-state index in [1.54, 1.807) is 0 Å². The molecular weight excluding hydrogens is 208 g/mol. The molecule has 0 aliphatic carbocycles. The summed E-state index contributed by atoms with van der Waals surface area (Å²) in [4.78, 5) is 2.39. The van der Waals surface area contributed by atoms with Crippen molar-refractivity contribution in [3.63, 3.8) is 0 Å². The van der Waals surface area contributed by atoms with E-state index in [0.29, 0.717) is 12.1 Å². The van der Waals surface area contributed by atoms with E-state index in [9.17, 15) is 0 Å². The molecule has 0 saturated carbocycles. The standard InChI is InChI=1S/C15H34N2/c1-6-7-8-9-10-11-15(4)16-12-13-17(5)14(2)3/h14-16H,6-13H2,1-5H3. The van der Waals surface area contributed by atoms with E-state index in [4.69, 9.17) is 0 Å². The summed E-state index contributed by atoms with van der Waals surface area (Å²) in [5.74, 6) is 0. The molecule has 0 amide bonds. The maximum atomic E-state index is 3.62. The van der Waals surface area contributed by atoms with Crippen molar-refractivity contribution in [2.45, 2.75) is 78.3 Å². The first kappa shape index (κ1) is 16.9. The zero-order chi connectivity index (χ0) is 13.1. The van der Waals surface area contributed by atoms with Crippen LogP contribution in [0.3, 0.4) is 0 Å². The number of likely N-dealkylation sites (N-methyl/N-ethyl adjacent to an activating group) is 1. The predicted octanol–water partition coefficient (Wildman–Crippen LogP) is 3.67. The Balaban J connectivity index is 3.31. The van der Waals surface area contributed by atoms with Gasteiger partial charge in [-0.3, -0.25) is 0 Å². The lowest BCUT2D eigenvalue weighted by molar-refractivity contribution is 0.268. The zero-order valence-corrected chi connectivity index (χ0v) is 12.8. The van der Waals surface area contributed by atoms with Crippen molar-refractivity contribution < 1.29 is 0 Å². The second kappa shape index (κ2) is 11.0. The lowest BCUT2D eigenvalue weighted by Gasteiger charge is -2.22. The maximum Gasteiger partial charge on any atom is 0.0107 e. The second-order valence-electron chi connectivity index (χ2n) is 5.63. The van der Waals surface area contributed by atoms with Crippen LogP contribution in [0.2, 0.25) is 0 Å². The Hall–Kier alpha value is -0.0800. The molecule has 0 bridgehead atoms. The van der Waals surface area contributed by atoms with Crippen molar-refractivity contribution in [1.82, 2.24) is 10.2 Å². The molecule has 0 saturated heterocycles. The van der Waals surface area contributed by atoms with Gasteiger partial charge in [0, 0.05) is 25.2 Å². The lowest BCUT2D eigenvalue weighted by atomic mass is 10.1. The van der Waals surface area contributed by atoms with Crippen LogP contribution in [0.25, 0.3) is 0 Å². The highest BCUT2D eigenvalue weighted by Crippen LogP contribution is 2.06. The van der Waals surface area contributed by atoms with Gasteiger partial charge in [-0.05, 0) is 34.2 Å². The Morgan fingerprint density at radius 2 is 1.65 bits per heavy atom. The van der Waals surface area contributed by atoms with Crippen molar-refractivity contribution in [2.24, 2.45) is 0 Å². The summed E-state index contributed by atoms with van der Waals surface area (Å²) in [6, 6.07) is 1.33. The quantitative estimate of drug-likeness (QED) is 0.556. The Morgan fingerprint density at radius 1 is 1.00 bits per heavy atom. The van der Waals surface area contributed by atoms with Crippen LogP contribution in [0.4, 0.5) is 0 Å². The number of unbranched alkanes of at least 4 members (excludes halogenated alkanes) is 4. The average molecular weight is 242 g/mol. The number of nitrogens with one attached hydrogen (secondary N) is 1. The predicted molar refractivity (Wildman–Crippen MR) is 78.6 cm³/mol. The summed E-state index contributed by atoms with van der Waals surface area (Å²) < 4.78 is 0. The molecule has 1 unspecified atom stereocenters. The lowest BCUT2D eigenvalue weighted by Crippen LogP contribution is -2.37. The molecule has 0 spiro atoms. The first-order valence-electron chi connectivity index (χ1n) is 7.51. The molecular formula is C15H34N2. The molecule has 0 aromatic rings. The van der Waals surface area contributed by atoms with Crippen LogP contribution in [-0.4, -0.2) is 37.1 Å². The van der Waals surface area contributed by atoms with E-state index >= 15 is 0 Å². The SMILES string of the molecule is CCCCCCCC(C)NCCN(C)C(C)C. The summed E-state index contributed by atoms with van der Waals surface area (Å²) in [5, 5.41) is 3.62. The van der Waals surface area contributed by atoms with Gasteiger partial charge >= 0.3 is 0 Å². The van der Waals surface area contributed by atoms with Crippen molar-refractivity contribution >= 4 is 0 Å². The first-order valence-corrected chi connectivity index (χ1v) is 7.51. The Morgan fingerprint density at radius 3 is 2.24 bits per heavy atom. The summed E-state index contributed by atoms with van der Waals surface area (Å²) in [7, 11) is 2.20. The van der Waals surface area contributed by atoms with Gasteiger partial charge in [-0.2, -0.15) is 0 Å². The molecule has 0 rings (SSSR count). The topological polar surface area (TPSA) is 15.3 Å². The van der Waals surface area contributed by atoms with E-state index < -0.39 is 0 Å². The molecule has 2 heteroatoms. The molecule has 104 valence electrons. The smallest absolute Gasteiger partial charge is 0.0107 e. The van der Waals surface area contributed by atoms with Crippen LogP contribution < -0.4 is 5.32 Å². The van der Waals surface area contributed by atoms with Gasteiger partial charge < -0.3 is 10.2 Å². The highest BCUT2D eigenvalue weighted by atomic mass is 15.1. The third-order valence-corrected chi connectivity index (χ3v) is 3.58. The Bertz CT molecular complexity index is 157.